The molecule has 4 rings (SSSR count). The number of benzene rings is 3. The van der Waals surface area contributed by atoms with Gasteiger partial charge in [0, 0.05) is 42.5 Å². The van der Waals surface area contributed by atoms with Crippen LogP contribution in [0.2, 0.25) is 0 Å². The number of piperidine rings is 1. The van der Waals surface area contributed by atoms with Crippen molar-refractivity contribution >= 4 is 17.3 Å². The van der Waals surface area contributed by atoms with Crippen LogP contribution < -0.4 is 10.6 Å². The van der Waals surface area contributed by atoms with Crippen LogP contribution in [0.15, 0.2) is 72.8 Å². The normalized spacial score (nSPS) is 14.7. The molecule has 1 fully saturated rings. The molecule has 0 atom stereocenters. The van der Waals surface area contributed by atoms with Crippen LogP contribution in [-0.4, -0.2) is 46.7 Å². The van der Waals surface area contributed by atoms with Gasteiger partial charge in [0.15, 0.2) is 0 Å². The molecule has 0 bridgehead atoms. The number of aromatic hydroxyl groups is 1. The zero-order valence-corrected chi connectivity index (χ0v) is 18.7. The van der Waals surface area contributed by atoms with Crippen LogP contribution in [0.4, 0.5) is 11.4 Å². The maximum atomic E-state index is 12.5. The maximum Gasteiger partial charge on any atom is 0.238 e. The number of aliphatic hydroxyl groups is 1. The summed E-state index contributed by atoms with van der Waals surface area (Å²) in [4.78, 5) is 14.7. The molecule has 172 valence electrons. The Labute approximate surface area is 194 Å². The molecule has 1 aliphatic rings. The molecule has 1 aliphatic heterocycles. The van der Waals surface area contributed by atoms with Gasteiger partial charge < -0.3 is 20.8 Å². The SMILES string of the molecule is O=C(CN1CCC(Nc2ccccc2CO)CC1)Nc1ccc(Cc2ccccc2O)cc1. The number of nitrogens with one attached hydrogen (secondary N) is 2. The Morgan fingerprint density at radius 2 is 1.58 bits per heavy atom. The molecule has 6 nitrogen and oxygen atoms in total. The highest BCUT2D eigenvalue weighted by molar-refractivity contribution is 5.92. The monoisotopic (exact) mass is 445 g/mol. The summed E-state index contributed by atoms with van der Waals surface area (Å²) in [5.74, 6) is 0.284. The summed E-state index contributed by atoms with van der Waals surface area (Å²) in [6.07, 6.45) is 2.55. The number of nitrogens with zero attached hydrogens (tertiary/aromatic N) is 1. The van der Waals surface area contributed by atoms with E-state index in [9.17, 15) is 15.0 Å². The van der Waals surface area contributed by atoms with Crippen LogP contribution in [0.1, 0.15) is 29.5 Å². The van der Waals surface area contributed by atoms with E-state index >= 15 is 0 Å². The van der Waals surface area contributed by atoms with Crippen LogP contribution in [0.5, 0.6) is 5.75 Å². The van der Waals surface area contributed by atoms with Crippen molar-refractivity contribution < 1.29 is 15.0 Å². The number of anilines is 2. The largest absolute Gasteiger partial charge is 0.508 e. The Kier molecular flexibility index (Phi) is 7.60. The minimum absolute atomic E-state index is 0.0134. The summed E-state index contributed by atoms with van der Waals surface area (Å²) in [6.45, 7) is 2.11. The van der Waals surface area contributed by atoms with E-state index in [-0.39, 0.29) is 12.5 Å². The predicted molar refractivity (Wildman–Crippen MR) is 131 cm³/mol. The number of carbonyl (C=O) groups is 1. The molecule has 3 aromatic carbocycles. The molecule has 0 spiro atoms. The lowest BCUT2D eigenvalue weighted by molar-refractivity contribution is -0.117. The summed E-state index contributed by atoms with van der Waals surface area (Å²) in [7, 11) is 0. The van der Waals surface area contributed by atoms with Crippen LogP contribution >= 0.6 is 0 Å². The van der Waals surface area contributed by atoms with Crippen molar-refractivity contribution in [1.82, 2.24) is 4.90 Å². The first-order chi connectivity index (χ1) is 16.1. The van der Waals surface area contributed by atoms with E-state index in [4.69, 9.17) is 0 Å². The standard InChI is InChI=1S/C27H31N3O3/c31-19-22-6-1-3-7-25(22)28-24-13-15-30(16-14-24)18-27(33)29-23-11-9-20(10-12-23)17-21-5-2-4-8-26(21)32/h1-12,24,28,31-32H,13-19H2,(H,29,33). The van der Waals surface area contributed by atoms with Crippen molar-refractivity contribution in [1.29, 1.82) is 0 Å². The minimum atomic E-state index is -0.0134. The number of hydrogen-bond acceptors (Lipinski definition) is 5. The fourth-order valence-electron chi connectivity index (χ4n) is 4.24. The molecule has 0 radical (unpaired) electrons. The second-order valence-electron chi connectivity index (χ2n) is 8.56. The highest BCUT2D eigenvalue weighted by Gasteiger charge is 2.21. The second-order valence-corrected chi connectivity index (χ2v) is 8.56. The van der Waals surface area contributed by atoms with Crippen LogP contribution in [0, 0.1) is 0 Å². The first-order valence-electron chi connectivity index (χ1n) is 11.4. The van der Waals surface area contributed by atoms with Gasteiger partial charge in [-0.15, -0.1) is 0 Å². The van der Waals surface area contributed by atoms with Gasteiger partial charge in [0.25, 0.3) is 0 Å². The molecular weight excluding hydrogens is 414 g/mol. The van der Waals surface area contributed by atoms with E-state index in [0.717, 1.165) is 54.0 Å². The molecule has 1 heterocycles. The topological polar surface area (TPSA) is 84.8 Å². The first-order valence-corrected chi connectivity index (χ1v) is 11.4. The summed E-state index contributed by atoms with van der Waals surface area (Å²) < 4.78 is 0. The predicted octanol–water partition coefficient (Wildman–Crippen LogP) is 3.99. The summed E-state index contributed by atoms with van der Waals surface area (Å²) in [5, 5.41) is 26.0. The Morgan fingerprint density at radius 3 is 2.27 bits per heavy atom. The lowest BCUT2D eigenvalue weighted by atomic mass is 10.0. The molecule has 1 saturated heterocycles. The molecular formula is C27H31N3O3. The Bertz CT molecular complexity index is 1060. The zero-order valence-electron chi connectivity index (χ0n) is 18.7. The Hall–Kier alpha value is -3.35. The summed E-state index contributed by atoms with van der Waals surface area (Å²) in [5.41, 5.74) is 4.63. The van der Waals surface area contributed by atoms with Crippen LogP contribution in [-0.2, 0) is 17.8 Å². The van der Waals surface area contributed by atoms with E-state index in [0.29, 0.717) is 24.8 Å². The smallest absolute Gasteiger partial charge is 0.238 e. The van der Waals surface area contributed by atoms with Gasteiger partial charge in [0.1, 0.15) is 5.75 Å². The molecule has 0 unspecified atom stereocenters. The highest BCUT2D eigenvalue weighted by atomic mass is 16.3. The summed E-state index contributed by atoms with van der Waals surface area (Å²) in [6, 6.07) is 23.3. The van der Waals surface area contributed by atoms with E-state index in [1.54, 1.807) is 6.07 Å². The molecule has 0 saturated carbocycles. The lowest BCUT2D eigenvalue weighted by Gasteiger charge is -2.32. The van der Waals surface area contributed by atoms with E-state index in [1.807, 2.05) is 66.7 Å². The number of hydrogen-bond donors (Lipinski definition) is 4. The van der Waals surface area contributed by atoms with Gasteiger partial charge in [0.2, 0.25) is 5.91 Å². The van der Waals surface area contributed by atoms with E-state index < -0.39 is 0 Å². The fraction of sp³-hybridized carbons (Fsp3) is 0.296. The molecule has 6 heteroatoms. The van der Waals surface area contributed by atoms with Crippen molar-refractivity contribution in [3.8, 4) is 5.75 Å². The van der Waals surface area contributed by atoms with Crippen molar-refractivity contribution in [3.63, 3.8) is 0 Å². The van der Waals surface area contributed by atoms with E-state index in [1.165, 1.54) is 0 Å². The van der Waals surface area contributed by atoms with Crippen molar-refractivity contribution in [3.05, 3.63) is 89.5 Å². The average Bonchev–Trinajstić information content (AvgIpc) is 2.83. The molecule has 0 aromatic heterocycles. The third-order valence-electron chi connectivity index (χ3n) is 6.13. The Morgan fingerprint density at radius 1 is 0.909 bits per heavy atom. The third-order valence-corrected chi connectivity index (χ3v) is 6.13. The van der Waals surface area contributed by atoms with Gasteiger partial charge in [-0.25, -0.2) is 0 Å². The first kappa shape index (κ1) is 22.8. The van der Waals surface area contributed by atoms with Crippen molar-refractivity contribution in [2.75, 3.05) is 30.3 Å². The molecule has 0 aliphatic carbocycles. The number of rotatable bonds is 8. The van der Waals surface area contributed by atoms with Gasteiger partial charge in [0.05, 0.1) is 13.2 Å². The highest BCUT2D eigenvalue weighted by Crippen LogP contribution is 2.22. The lowest BCUT2D eigenvalue weighted by Crippen LogP contribution is -2.42. The number of amides is 1. The van der Waals surface area contributed by atoms with Crippen LogP contribution in [0.25, 0.3) is 0 Å². The Balaban J connectivity index is 1.22. The summed E-state index contributed by atoms with van der Waals surface area (Å²) >= 11 is 0. The third kappa shape index (κ3) is 6.34. The number of phenols is 1. The number of likely N-dealkylation sites (tertiary alicyclic amines) is 1. The number of para-hydroxylation sites is 2. The second kappa shape index (κ2) is 11.0. The van der Waals surface area contributed by atoms with Gasteiger partial charge in [-0.1, -0.05) is 48.5 Å². The molecule has 1 amide bonds. The van der Waals surface area contributed by atoms with E-state index in [2.05, 4.69) is 15.5 Å². The fourth-order valence-corrected chi connectivity index (χ4v) is 4.24. The van der Waals surface area contributed by atoms with Crippen molar-refractivity contribution in [2.24, 2.45) is 0 Å². The van der Waals surface area contributed by atoms with Gasteiger partial charge in [-0.2, -0.15) is 0 Å². The molecule has 3 aromatic rings. The maximum absolute atomic E-state index is 12.5. The minimum Gasteiger partial charge on any atom is -0.508 e. The van der Waals surface area contributed by atoms with Gasteiger partial charge in [-0.3, -0.25) is 9.69 Å². The quantitative estimate of drug-likeness (QED) is 0.421. The molecule has 33 heavy (non-hydrogen) atoms. The average molecular weight is 446 g/mol. The zero-order chi connectivity index (χ0) is 23.0. The molecule has 4 N–H and O–H groups in total. The van der Waals surface area contributed by atoms with Gasteiger partial charge in [-0.05, 0) is 48.2 Å². The number of aliphatic hydroxyl groups excluding tert-OH is 1. The van der Waals surface area contributed by atoms with Crippen LogP contribution in [0.3, 0.4) is 0 Å². The van der Waals surface area contributed by atoms with Crippen molar-refractivity contribution in [2.45, 2.75) is 31.9 Å². The number of carbonyl (C=O) groups excluding carboxylic acids is 1. The number of phenolic OH excluding ortho intramolecular Hbond substituents is 1. The van der Waals surface area contributed by atoms with Gasteiger partial charge >= 0.3 is 0 Å².